The van der Waals surface area contributed by atoms with Crippen molar-refractivity contribution in [3.8, 4) is 0 Å². The van der Waals surface area contributed by atoms with E-state index in [1.807, 2.05) is 27.7 Å². The normalized spacial score (nSPS) is 11.2. The third-order valence-electron chi connectivity index (χ3n) is 4.40. The molecule has 0 N–H and O–H groups in total. The molecule has 0 unspecified atom stereocenters. The largest absolute Gasteiger partial charge is 0.461 e. The highest BCUT2D eigenvalue weighted by molar-refractivity contribution is 6.04. The standard InChI is InChI=1S/C20H32N2O4/c1-9-26-20(25)18-14(6)17(15(7)21(18)8)16(23)11-22(10-12(2)3)19(24)13(4)5/h12-13H,9-11H2,1-8H3. The number of esters is 1. The lowest BCUT2D eigenvalue weighted by molar-refractivity contribution is -0.134. The predicted octanol–water partition coefficient (Wildman–Crippen LogP) is 3.14. The Morgan fingerprint density at radius 3 is 2.15 bits per heavy atom. The summed E-state index contributed by atoms with van der Waals surface area (Å²) in [5.74, 6) is -0.537. The van der Waals surface area contributed by atoms with Gasteiger partial charge in [0.1, 0.15) is 5.69 Å². The Hall–Kier alpha value is -2.11. The molecule has 1 aromatic rings. The molecule has 0 radical (unpaired) electrons. The molecule has 0 atom stereocenters. The van der Waals surface area contributed by atoms with E-state index in [1.54, 1.807) is 37.3 Å². The van der Waals surface area contributed by atoms with Crippen LogP contribution in [0.1, 0.15) is 66.7 Å². The van der Waals surface area contributed by atoms with E-state index in [0.717, 1.165) is 0 Å². The van der Waals surface area contributed by atoms with E-state index in [9.17, 15) is 14.4 Å². The summed E-state index contributed by atoms with van der Waals surface area (Å²) in [6.45, 7) is 13.8. The maximum absolute atomic E-state index is 13.0. The minimum absolute atomic E-state index is 0.0170. The Balaban J connectivity index is 3.21. The van der Waals surface area contributed by atoms with E-state index in [0.29, 0.717) is 29.1 Å². The van der Waals surface area contributed by atoms with Crippen LogP contribution >= 0.6 is 0 Å². The summed E-state index contributed by atoms with van der Waals surface area (Å²) in [4.78, 5) is 39.3. The van der Waals surface area contributed by atoms with Crippen molar-refractivity contribution in [2.75, 3.05) is 19.7 Å². The first kappa shape index (κ1) is 21.9. The van der Waals surface area contributed by atoms with Crippen LogP contribution in [0.2, 0.25) is 0 Å². The first-order chi connectivity index (χ1) is 12.0. The van der Waals surface area contributed by atoms with Crippen LogP contribution in [-0.4, -0.2) is 46.8 Å². The predicted molar refractivity (Wildman–Crippen MR) is 101 cm³/mol. The van der Waals surface area contributed by atoms with Crippen molar-refractivity contribution < 1.29 is 19.1 Å². The minimum atomic E-state index is -0.438. The van der Waals surface area contributed by atoms with Gasteiger partial charge in [0.25, 0.3) is 0 Å². The number of ketones is 1. The molecule has 1 amide bonds. The second-order valence-electron chi connectivity index (χ2n) is 7.40. The highest BCUT2D eigenvalue weighted by atomic mass is 16.5. The Labute approximate surface area is 156 Å². The zero-order chi connectivity index (χ0) is 20.2. The quantitative estimate of drug-likeness (QED) is 0.525. The van der Waals surface area contributed by atoms with Crippen molar-refractivity contribution in [1.29, 1.82) is 0 Å². The van der Waals surface area contributed by atoms with Crippen molar-refractivity contribution >= 4 is 17.7 Å². The lowest BCUT2D eigenvalue weighted by Crippen LogP contribution is -2.40. The van der Waals surface area contributed by atoms with Crippen molar-refractivity contribution in [3.63, 3.8) is 0 Å². The molecule has 1 heterocycles. The highest BCUT2D eigenvalue weighted by Crippen LogP contribution is 2.23. The van der Waals surface area contributed by atoms with Crippen LogP contribution in [0.25, 0.3) is 0 Å². The maximum atomic E-state index is 13.0. The number of rotatable bonds is 8. The SMILES string of the molecule is CCOC(=O)c1c(C)c(C(=O)CN(CC(C)C)C(=O)C(C)C)c(C)n1C. The number of aromatic nitrogens is 1. The average Bonchev–Trinajstić information content (AvgIpc) is 2.75. The lowest BCUT2D eigenvalue weighted by atomic mass is 10.0. The van der Waals surface area contributed by atoms with E-state index in [4.69, 9.17) is 4.74 Å². The van der Waals surface area contributed by atoms with Crippen LogP contribution in [-0.2, 0) is 16.6 Å². The molecule has 0 aliphatic rings. The van der Waals surface area contributed by atoms with E-state index in [2.05, 4.69) is 0 Å². The fourth-order valence-electron chi connectivity index (χ4n) is 3.17. The van der Waals surface area contributed by atoms with Gasteiger partial charge < -0.3 is 14.2 Å². The van der Waals surface area contributed by atoms with Crippen molar-refractivity contribution in [2.24, 2.45) is 18.9 Å². The first-order valence-electron chi connectivity index (χ1n) is 9.17. The second kappa shape index (κ2) is 9.01. The molecule has 1 aromatic heterocycles. The van der Waals surface area contributed by atoms with Crippen LogP contribution in [0, 0.1) is 25.7 Å². The van der Waals surface area contributed by atoms with Gasteiger partial charge in [0.15, 0.2) is 5.78 Å². The monoisotopic (exact) mass is 364 g/mol. The lowest BCUT2D eigenvalue weighted by Gasteiger charge is -2.26. The summed E-state index contributed by atoms with van der Waals surface area (Å²) < 4.78 is 6.80. The van der Waals surface area contributed by atoms with Crippen LogP contribution < -0.4 is 0 Å². The zero-order valence-electron chi connectivity index (χ0n) is 17.3. The summed E-state index contributed by atoms with van der Waals surface area (Å²) >= 11 is 0. The van der Waals surface area contributed by atoms with Crippen LogP contribution in [0.3, 0.4) is 0 Å². The van der Waals surface area contributed by atoms with E-state index in [1.165, 1.54) is 0 Å². The minimum Gasteiger partial charge on any atom is -0.461 e. The Morgan fingerprint density at radius 1 is 1.12 bits per heavy atom. The van der Waals surface area contributed by atoms with Gasteiger partial charge in [-0.15, -0.1) is 0 Å². The number of carbonyl (C=O) groups is 3. The maximum Gasteiger partial charge on any atom is 0.355 e. The topological polar surface area (TPSA) is 68.6 Å². The van der Waals surface area contributed by atoms with Crippen molar-refractivity contribution in [2.45, 2.75) is 48.5 Å². The van der Waals surface area contributed by atoms with Crippen LogP contribution in [0.4, 0.5) is 0 Å². The summed E-state index contributed by atoms with van der Waals surface area (Å²) in [6, 6.07) is 0. The molecule has 0 spiro atoms. The van der Waals surface area contributed by atoms with Crippen molar-refractivity contribution in [1.82, 2.24) is 9.47 Å². The summed E-state index contributed by atoms with van der Waals surface area (Å²) in [5.41, 5.74) is 2.20. The van der Waals surface area contributed by atoms with Crippen LogP contribution in [0.15, 0.2) is 0 Å². The molecular formula is C20H32N2O4. The third-order valence-corrected chi connectivity index (χ3v) is 4.40. The first-order valence-corrected chi connectivity index (χ1v) is 9.17. The second-order valence-corrected chi connectivity index (χ2v) is 7.40. The molecule has 0 aliphatic carbocycles. The van der Waals surface area contributed by atoms with Gasteiger partial charge in [0, 0.05) is 30.8 Å². The van der Waals surface area contributed by atoms with E-state index >= 15 is 0 Å². The fourth-order valence-corrected chi connectivity index (χ4v) is 3.17. The number of carbonyl (C=O) groups excluding carboxylic acids is 3. The van der Waals surface area contributed by atoms with E-state index in [-0.39, 0.29) is 36.7 Å². The van der Waals surface area contributed by atoms with Gasteiger partial charge in [-0.25, -0.2) is 4.79 Å². The number of hydrogen-bond acceptors (Lipinski definition) is 4. The molecule has 6 heteroatoms. The number of nitrogens with zero attached hydrogens (tertiary/aromatic N) is 2. The van der Waals surface area contributed by atoms with Crippen LogP contribution in [0.5, 0.6) is 0 Å². The zero-order valence-corrected chi connectivity index (χ0v) is 17.3. The Bertz CT molecular complexity index is 686. The highest BCUT2D eigenvalue weighted by Gasteiger charge is 2.28. The number of Topliss-reactive ketones (excluding diaryl/α,β-unsaturated/α-hetero) is 1. The molecule has 6 nitrogen and oxygen atoms in total. The molecular weight excluding hydrogens is 332 g/mol. The fraction of sp³-hybridized carbons (Fsp3) is 0.650. The van der Waals surface area contributed by atoms with E-state index < -0.39 is 5.97 Å². The van der Waals surface area contributed by atoms with Gasteiger partial charge in [-0.1, -0.05) is 27.7 Å². The third kappa shape index (κ3) is 4.74. The number of hydrogen-bond donors (Lipinski definition) is 0. The summed E-state index contributed by atoms with van der Waals surface area (Å²) in [5, 5.41) is 0. The summed E-state index contributed by atoms with van der Waals surface area (Å²) in [7, 11) is 1.75. The Kier molecular flexibility index (Phi) is 7.60. The number of ether oxygens (including phenoxy) is 1. The average molecular weight is 364 g/mol. The molecule has 146 valence electrons. The smallest absolute Gasteiger partial charge is 0.355 e. The molecule has 0 bridgehead atoms. The van der Waals surface area contributed by atoms with Crippen molar-refractivity contribution in [3.05, 3.63) is 22.5 Å². The van der Waals surface area contributed by atoms with Gasteiger partial charge in [-0.3, -0.25) is 9.59 Å². The van der Waals surface area contributed by atoms with Gasteiger partial charge in [-0.2, -0.15) is 0 Å². The molecule has 1 rings (SSSR count). The molecule has 0 fully saturated rings. The van der Waals surface area contributed by atoms with Gasteiger partial charge in [-0.05, 0) is 32.3 Å². The van der Waals surface area contributed by atoms with Gasteiger partial charge in [0.2, 0.25) is 5.91 Å². The molecule has 0 aromatic carbocycles. The van der Waals surface area contributed by atoms with Gasteiger partial charge in [0.05, 0.1) is 13.2 Å². The van der Waals surface area contributed by atoms with Gasteiger partial charge >= 0.3 is 5.97 Å². The molecule has 26 heavy (non-hydrogen) atoms. The molecule has 0 aliphatic heterocycles. The number of amides is 1. The molecule has 0 saturated carbocycles. The summed E-state index contributed by atoms with van der Waals surface area (Å²) in [6.07, 6.45) is 0. The Morgan fingerprint density at radius 2 is 1.69 bits per heavy atom. The molecule has 0 saturated heterocycles.